The van der Waals surface area contributed by atoms with E-state index in [0.717, 1.165) is 10.8 Å². The number of imidazole rings is 3. The molecule has 0 spiro atoms. The Hall–Kier alpha value is -10.9. The predicted octanol–water partition coefficient (Wildman–Crippen LogP) is -2.03. The Morgan fingerprint density at radius 1 is 0.442 bits per heavy atom. The van der Waals surface area contributed by atoms with Crippen LogP contribution in [0.4, 0.5) is 4.79 Å². The highest BCUT2D eigenvalue weighted by Crippen LogP contribution is 2.29. The Morgan fingerprint density at radius 2 is 0.875 bits per heavy atom. The number of aromatic amines is 3. The fourth-order valence-corrected chi connectivity index (χ4v) is 12.3. The molecule has 17 N–H and O–H groups in total. The van der Waals surface area contributed by atoms with Crippen LogP contribution in [0.2, 0.25) is 0 Å². The number of aliphatic carboxylic acids is 6. The first-order chi connectivity index (χ1) is 49.8. The highest BCUT2D eigenvalue weighted by molar-refractivity contribution is 5.96. The third-order valence-corrected chi connectivity index (χ3v) is 17.9. The Kier molecular flexibility index (Phi) is 31.9. The minimum absolute atomic E-state index is 0.0280. The van der Waals surface area contributed by atoms with Crippen LogP contribution in [-0.2, 0) is 83.2 Å². The maximum Gasteiger partial charge on any atom is 0.326 e. The molecule has 0 bridgehead atoms. The van der Waals surface area contributed by atoms with Gasteiger partial charge in [-0.25, -0.2) is 29.3 Å². The molecule has 1 saturated heterocycles. The maximum atomic E-state index is 14.8. The van der Waals surface area contributed by atoms with Crippen molar-refractivity contribution in [1.29, 1.82) is 0 Å². The van der Waals surface area contributed by atoms with Crippen molar-refractivity contribution in [3.63, 3.8) is 0 Å². The van der Waals surface area contributed by atoms with Crippen LogP contribution >= 0.6 is 0 Å². The molecule has 1 aliphatic heterocycles. The SMILES string of the molecule is O=C(O)CCC(NC(=O)NC(CCCCNC(=O)C(Cc1ccc2ccccc2c1)NC(=O)C(Cc1c[nH]cn1)NC(=O)C(Cc1c[nH]cn1)NC(=O)C(Cc1c[nH]cn1)NC(=O)C1CCC(CNC(=O)CN2CCN(CC(=O)O)CCN(CC(=O)O)CCN(CC(=O)O)CC2)CC1)C(=O)O)C(=O)O. The van der Waals surface area contributed by atoms with Crippen LogP contribution in [0.3, 0.4) is 0 Å². The number of hydrogen-bond acceptors (Lipinski definition) is 20. The average Bonchev–Trinajstić information content (AvgIpc) is 1.01. The lowest BCUT2D eigenvalue weighted by atomic mass is 9.81. The van der Waals surface area contributed by atoms with Gasteiger partial charge >= 0.3 is 41.8 Å². The summed E-state index contributed by atoms with van der Waals surface area (Å²) in [6.45, 7) is 1.10. The zero-order valence-electron chi connectivity index (χ0n) is 57.3. The summed E-state index contributed by atoms with van der Waals surface area (Å²) >= 11 is 0. The molecule has 6 atom stereocenters. The van der Waals surface area contributed by atoms with Crippen LogP contribution < -0.4 is 42.5 Å². The molecule has 8 amide bonds. The summed E-state index contributed by atoms with van der Waals surface area (Å²) in [5.41, 5.74) is 1.71. The second kappa shape index (κ2) is 41.2. The number of nitrogens with zero attached hydrogens (tertiary/aromatic N) is 7. The van der Waals surface area contributed by atoms with Gasteiger partial charge in [-0.05, 0) is 73.6 Å². The van der Waals surface area contributed by atoms with Gasteiger partial charge in [0.15, 0.2) is 0 Å². The number of urea groups is 1. The Morgan fingerprint density at radius 3 is 1.31 bits per heavy atom. The number of carbonyl (C=O) groups excluding carboxylic acids is 7. The van der Waals surface area contributed by atoms with E-state index in [0.29, 0.717) is 48.3 Å². The summed E-state index contributed by atoms with van der Waals surface area (Å²) in [5, 5.41) is 80.1. The van der Waals surface area contributed by atoms with E-state index in [4.69, 9.17) is 5.11 Å². The van der Waals surface area contributed by atoms with E-state index in [1.54, 1.807) is 27.0 Å². The largest absolute Gasteiger partial charge is 0.481 e. The van der Waals surface area contributed by atoms with Gasteiger partial charge < -0.3 is 88.1 Å². The van der Waals surface area contributed by atoms with Crippen molar-refractivity contribution in [2.24, 2.45) is 11.8 Å². The average molecular weight is 1450 g/mol. The van der Waals surface area contributed by atoms with E-state index < -0.39 is 126 Å². The van der Waals surface area contributed by atoms with Crippen LogP contribution in [-0.4, -0.2) is 285 Å². The first kappa shape index (κ1) is 80.4. The van der Waals surface area contributed by atoms with Gasteiger partial charge in [-0.15, -0.1) is 0 Å². The van der Waals surface area contributed by atoms with Crippen LogP contribution in [0.5, 0.6) is 0 Å². The quantitative estimate of drug-likeness (QED) is 0.0189. The molecule has 2 aliphatic rings. The highest BCUT2D eigenvalue weighted by Gasteiger charge is 2.36. The number of fused-ring (bicyclic) bond motifs is 1. The molecule has 7 rings (SSSR count). The van der Waals surface area contributed by atoms with E-state index in [1.807, 2.05) is 41.3 Å². The van der Waals surface area contributed by atoms with Gasteiger partial charge in [0.1, 0.15) is 36.3 Å². The Bertz CT molecular complexity index is 3650. The van der Waals surface area contributed by atoms with Crippen molar-refractivity contribution in [3.8, 4) is 0 Å². The summed E-state index contributed by atoms with van der Waals surface area (Å²) in [6, 6.07) is 3.23. The second-order valence-electron chi connectivity index (χ2n) is 25.9. The molecular formula is C67H92N18O19. The van der Waals surface area contributed by atoms with Crippen LogP contribution in [0, 0.1) is 11.8 Å². The normalized spacial score (nSPS) is 17.5. The number of nitrogens with one attached hydrogen (secondary N) is 11. The van der Waals surface area contributed by atoms with Crippen molar-refractivity contribution in [3.05, 3.63) is 103 Å². The molecule has 4 heterocycles. The Balaban J connectivity index is 0.986. The number of unbranched alkanes of at least 4 members (excludes halogenated alkanes) is 1. The minimum Gasteiger partial charge on any atom is -0.481 e. The molecule has 2 fully saturated rings. The van der Waals surface area contributed by atoms with Gasteiger partial charge in [0.2, 0.25) is 35.4 Å². The molecule has 0 radical (unpaired) electrons. The number of H-pyrrole nitrogens is 3. The summed E-state index contributed by atoms with van der Waals surface area (Å²) in [4.78, 5) is 197. The minimum atomic E-state index is -1.61. The van der Waals surface area contributed by atoms with E-state index in [-0.39, 0.29) is 148 Å². The maximum absolute atomic E-state index is 14.8. The predicted molar refractivity (Wildman–Crippen MR) is 368 cm³/mol. The van der Waals surface area contributed by atoms with E-state index in [9.17, 15) is 87.9 Å². The molecule has 1 aliphatic carbocycles. The van der Waals surface area contributed by atoms with Crippen molar-refractivity contribution in [2.45, 2.75) is 120 Å². The third-order valence-electron chi connectivity index (χ3n) is 17.9. The van der Waals surface area contributed by atoms with Gasteiger partial charge in [-0.3, -0.25) is 67.5 Å². The van der Waals surface area contributed by atoms with Gasteiger partial charge in [0.05, 0.1) is 62.2 Å². The van der Waals surface area contributed by atoms with Crippen molar-refractivity contribution >= 4 is 88.1 Å². The summed E-state index contributed by atoms with van der Waals surface area (Å²) in [5.74, 6) is -12.0. The first-order valence-electron chi connectivity index (χ1n) is 34.3. The number of rotatable bonds is 39. The molecule has 6 unspecified atom stereocenters. The molecule has 2 aromatic carbocycles. The lowest BCUT2D eigenvalue weighted by molar-refractivity contribution is -0.141. The molecule has 5 aromatic rings. The fraction of sp³-hybridized carbons (Fsp3) is 0.522. The van der Waals surface area contributed by atoms with Crippen molar-refractivity contribution in [1.82, 2.24) is 92.0 Å². The molecular weight excluding hydrogens is 1360 g/mol. The van der Waals surface area contributed by atoms with E-state index in [1.165, 1.54) is 31.4 Å². The van der Waals surface area contributed by atoms with Gasteiger partial charge in [-0.1, -0.05) is 42.5 Å². The number of carbonyl (C=O) groups is 13. The Labute approximate surface area is 596 Å². The van der Waals surface area contributed by atoms with Gasteiger partial charge in [0.25, 0.3) is 0 Å². The van der Waals surface area contributed by atoms with Gasteiger partial charge in [-0.2, -0.15) is 0 Å². The molecule has 104 heavy (non-hydrogen) atoms. The van der Waals surface area contributed by atoms with Crippen LogP contribution in [0.25, 0.3) is 10.8 Å². The van der Waals surface area contributed by atoms with Crippen molar-refractivity contribution < 1.29 is 93.0 Å². The first-order valence-corrected chi connectivity index (χ1v) is 34.3. The smallest absolute Gasteiger partial charge is 0.326 e. The zero-order chi connectivity index (χ0) is 75.1. The van der Waals surface area contributed by atoms with E-state index >= 15 is 0 Å². The lowest BCUT2D eigenvalue weighted by Gasteiger charge is -2.33. The third kappa shape index (κ3) is 28.1. The molecule has 37 nitrogen and oxygen atoms in total. The number of aromatic nitrogens is 6. The van der Waals surface area contributed by atoms with Crippen LogP contribution in [0.15, 0.2) is 80.0 Å². The molecule has 37 heteroatoms. The molecule has 564 valence electrons. The number of hydrogen-bond donors (Lipinski definition) is 17. The molecule has 3 aromatic heterocycles. The monoisotopic (exact) mass is 1450 g/mol. The summed E-state index contributed by atoms with van der Waals surface area (Å²) in [7, 11) is 0. The highest BCUT2D eigenvalue weighted by atomic mass is 16.4. The summed E-state index contributed by atoms with van der Waals surface area (Å²) < 4.78 is 0. The van der Waals surface area contributed by atoms with E-state index in [2.05, 4.69) is 72.4 Å². The molecule has 1 saturated carbocycles. The number of carboxylic acids is 6. The lowest BCUT2D eigenvalue weighted by Crippen LogP contribution is -2.60. The summed E-state index contributed by atoms with van der Waals surface area (Å²) in [6.07, 6.45) is 9.02. The number of amides is 8. The second-order valence-corrected chi connectivity index (χ2v) is 25.9. The fourth-order valence-electron chi connectivity index (χ4n) is 12.3. The number of carboxylic acid groups (broad SMARTS) is 6. The topological polar surface area (TPSA) is 539 Å². The standard InChI is InChI=1S/C67H92N18O19/c86-55(34-82-17-19-83(35-57(89)90)21-23-85(37-59(93)94)24-22-84(20-18-82)36-58(91)92)72-30-41-8-12-44(13-9-41)60(95)76-52(27-46-31-68-38-73-46)62(97)78-54(29-48-33-70-40-75-48)64(99)79-53(28-47-32-69-39-74-47)63(98)77-51(26-42-10-11-43-5-1-2-6-45(43)25-42)61(96)71-16-4-3-7-49(65(100)101)80-67(104)81-50(66(102)103)14-15-56(87)88/h1-2,5-6,10-11,25,31-33,38-41,44,49-54H,3-4,7-9,12-24,26-30,34-37H2,(H,68,73)(H,69,74)(H,70,75)(H,71,96)(H,72,86)(H,76,95)(H,77,98)(H,78,97)(H,79,99)(H,87,88)(H,89,90)(H,91,92)(H,93,94)(H,100,101)(H,102,103)(H2,80,81,104). The van der Waals surface area contributed by atoms with Crippen LogP contribution in [0.1, 0.15) is 80.4 Å². The van der Waals surface area contributed by atoms with Crippen molar-refractivity contribution in [2.75, 3.05) is 91.6 Å². The van der Waals surface area contributed by atoms with Gasteiger partial charge in [0, 0.05) is 122 Å². The number of benzene rings is 2. The zero-order valence-corrected chi connectivity index (χ0v) is 57.3.